The van der Waals surface area contributed by atoms with E-state index in [1.165, 1.54) is 38.8 Å². The van der Waals surface area contributed by atoms with Crippen LogP contribution in [-0.2, 0) is 0 Å². The van der Waals surface area contributed by atoms with E-state index in [0.29, 0.717) is 0 Å². The van der Waals surface area contributed by atoms with E-state index in [9.17, 15) is 0 Å². The fourth-order valence-corrected chi connectivity index (χ4v) is 2.45. The number of nitrogens with zero attached hydrogens (tertiary/aromatic N) is 2. The second-order valence-electron chi connectivity index (χ2n) is 5.83. The second-order valence-corrected chi connectivity index (χ2v) is 5.83. The van der Waals surface area contributed by atoms with Crippen molar-refractivity contribution in [2.45, 2.75) is 65.3 Å². The van der Waals surface area contributed by atoms with Crippen LogP contribution in [0.2, 0.25) is 0 Å². The van der Waals surface area contributed by atoms with E-state index in [4.69, 9.17) is 5.26 Å². The summed E-state index contributed by atoms with van der Waals surface area (Å²) in [5, 5.41) is 8.96. The third-order valence-corrected chi connectivity index (χ3v) is 3.74. The molecule has 1 heterocycles. The van der Waals surface area contributed by atoms with Crippen LogP contribution in [-0.4, -0.2) is 24.0 Å². The fraction of sp³-hybridized carbons (Fsp3) is 0.929. The van der Waals surface area contributed by atoms with Crippen LogP contribution < -0.4 is 0 Å². The minimum absolute atomic E-state index is 0.144. The molecule has 0 N–H and O–H groups in total. The van der Waals surface area contributed by atoms with Gasteiger partial charge in [0, 0.05) is 6.04 Å². The van der Waals surface area contributed by atoms with Gasteiger partial charge in [-0.3, -0.25) is 0 Å². The standard InChI is InChI=1S/C14H26N2/c1-13-8-5-4-6-10-16(13)11-7-9-14(2,3)12-15/h13H,4-11H2,1-3H3. The van der Waals surface area contributed by atoms with Crippen molar-refractivity contribution in [1.29, 1.82) is 5.26 Å². The molecule has 0 aromatic carbocycles. The molecule has 1 atom stereocenters. The van der Waals surface area contributed by atoms with Gasteiger partial charge in [-0.15, -0.1) is 0 Å². The van der Waals surface area contributed by atoms with Crippen molar-refractivity contribution in [3.05, 3.63) is 0 Å². The lowest BCUT2D eigenvalue weighted by atomic mass is 9.90. The second kappa shape index (κ2) is 6.25. The van der Waals surface area contributed by atoms with Gasteiger partial charge in [0.2, 0.25) is 0 Å². The van der Waals surface area contributed by atoms with Crippen LogP contribution in [0.3, 0.4) is 0 Å². The maximum Gasteiger partial charge on any atom is 0.0683 e. The highest BCUT2D eigenvalue weighted by molar-refractivity contribution is 4.91. The molecule has 0 aromatic rings. The fourth-order valence-electron chi connectivity index (χ4n) is 2.45. The summed E-state index contributed by atoms with van der Waals surface area (Å²) in [6.45, 7) is 8.86. The van der Waals surface area contributed by atoms with Gasteiger partial charge >= 0.3 is 0 Å². The van der Waals surface area contributed by atoms with Gasteiger partial charge in [0.1, 0.15) is 0 Å². The normalized spacial score (nSPS) is 23.8. The van der Waals surface area contributed by atoms with E-state index in [0.717, 1.165) is 18.9 Å². The van der Waals surface area contributed by atoms with Crippen molar-refractivity contribution >= 4 is 0 Å². The average molecular weight is 222 g/mol. The lowest BCUT2D eigenvalue weighted by molar-refractivity contribution is 0.202. The van der Waals surface area contributed by atoms with E-state index in [1.54, 1.807) is 0 Å². The number of likely N-dealkylation sites (tertiary alicyclic amines) is 1. The number of rotatable bonds is 4. The summed E-state index contributed by atoms with van der Waals surface area (Å²) in [7, 11) is 0. The topological polar surface area (TPSA) is 27.0 Å². The first-order valence-electron chi connectivity index (χ1n) is 6.70. The Bertz CT molecular complexity index is 240. The largest absolute Gasteiger partial charge is 0.301 e. The van der Waals surface area contributed by atoms with Crippen LogP contribution in [0.5, 0.6) is 0 Å². The zero-order valence-corrected chi connectivity index (χ0v) is 11.1. The zero-order chi connectivity index (χ0) is 12.0. The highest BCUT2D eigenvalue weighted by Gasteiger charge is 2.19. The van der Waals surface area contributed by atoms with E-state index >= 15 is 0 Å². The Morgan fingerprint density at radius 2 is 2.06 bits per heavy atom. The van der Waals surface area contributed by atoms with Gasteiger partial charge < -0.3 is 4.90 Å². The third-order valence-electron chi connectivity index (χ3n) is 3.74. The Morgan fingerprint density at radius 3 is 2.75 bits per heavy atom. The molecule has 1 unspecified atom stereocenters. The summed E-state index contributed by atoms with van der Waals surface area (Å²) in [5.74, 6) is 0. The molecule has 0 saturated carbocycles. The molecule has 1 aliphatic heterocycles. The summed E-state index contributed by atoms with van der Waals surface area (Å²) in [6.07, 6.45) is 7.66. The first kappa shape index (κ1) is 13.5. The van der Waals surface area contributed by atoms with E-state index in [-0.39, 0.29) is 5.41 Å². The van der Waals surface area contributed by atoms with Crippen molar-refractivity contribution in [1.82, 2.24) is 4.90 Å². The summed E-state index contributed by atoms with van der Waals surface area (Å²) in [6, 6.07) is 3.13. The molecule has 0 aliphatic carbocycles. The molecule has 0 spiro atoms. The zero-order valence-electron chi connectivity index (χ0n) is 11.1. The monoisotopic (exact) mass is 222 g/mol. The minimum Gasteiger partial charge on any atom is -0.301 e. The molecular formula is C14H26N2. The highest BCUT2D eigenvalue weighted by atomic mass is 15.1. The van der Waals surface area contributed by atoms with Gasteiger partial charge in [-0.2, -0.15) is 5.26 Å². The van der Waals surface area contributed by atoms with Crippen molar-refractivity contribution < 1.29 is 0 Å². The van der Waals surface area contributed by atoms with Crippen LogP contribution in [0, 0.1) is 16.7 Å². The van der Waals surface area contributed by atoms with Crippen LogP contribution in [0.25, 0.3) is 0 Å². The molecule has 92 valence electrons. The van der Waals surface area contributed by atoms with Crippen LogP contribution >= 0.6 is 0 Å². The maximum absolute atomic E-state index is 8.96. The average Bonchev–Trinajstić information content (AvgIpc) is 2.44. The van der Waals surface area contributed by atoms with Gasteiger partial charge in [-0.25, -0.2) is 0 Å². The van der Waals surface area contributed by atoms with Crippen LogP contribution in [0.4, 0.5) is 0 Å². The number of nitriles is 1. The molecule has 0 aromatic heterocycles. The van der Waals surface area contributed by atoms with E-state index in [1.807, 2.05) is 13.8 Å². The molecule has 2 nitrogen and oxygen atoms in total. The summed E-state index contributed by atoms with van der Waals surface area (Å²) in [4.78, 5) is 2.61. The molecule has 2 heteroatoms. The van der Waals surface area contributed by atoms with Crippen LogP contribution in [0.1, 0.15) is 59.3 Å². The molecule has 16 heavy (non-hydrogen) atoms. The number of hydrogen-bond acceptors (Lipinski definition) is 2. The minimum atomic E-state index is -0.144. The molecule has 0 radical (unpaired) electrons. The molecule has 0 amide bonds. The lowest BCUT2D eigenvalue weighted by Gasteiger charge is -2.27. The van der Waals surface area contributed by atoms with Gasteiger partial charge in [0.25, 0.3) is 0 Å². The van der Waals surface area contributed by atoms with Gasteiger partial charge in [0.05, 0.1) is 11.5 Å². The third kappa shape index (κ3) is 4.53. The van der Waals surface area contributed by atoms with Crippen LogP contribution in [0.15, 0.2) is 0 Å². The summed E-state index contributed by atoms with van der Waals surface area (Å²) < 4.78 is 0. The highest BCUT2D eigenvalue weighted by Crippen LogP contribution is 2.22. The SMILES string of the molecule is CC1CCCCCN1CCCC(C)(C)C#N. The lowest BCUT2D eigenvalue weighted by Crippen LogP contribution is -2.33. The number of hydrogen-bond donors (Lipinski definition) is 0. The Morgan fingerprint density at radius 1 is 1.31 bits per heavy atom. The molecular weight excluding hydrogens is 196 g/mol. The molecule has 1 fully saturated rings. The molecule has 1 saturated heterocycles. The first-order chi connectivity index (χ1) is 7.55. The molecule has 0 bridgehead atoms. The summed E-state index contributed by atoms with van der Waals surface area (Å²) >= 11 is 0. The van der Waals surface area contributed by atoms with Crippen molar-refractivity contribution in [3.63, 3.8) is 0 Å². The van der Waals surface area contributed by atoms with Gasteiger partial charge in [0.15, 0.2) is 0 Å². The smallest absolute Gasteiger partial charge is 0.0683 e. The Kier molecular flexibility index (Phi) is 5.28. The Hall–Kier alpha value is -0.550. The molecule has 1 aliphatic rings. The van der Waals surface area contributed by atoms with E-state index in [2.05, 4.69) is 17.9 Å². The van der Waals surface area contributed by atoms with Crippen molar-refractivity contribution in [3.8, 4) is 6.07 Å². The van der Waals surface area contributed by atoms with Crippen molar-refractivity contribution in [2.24, 2.45) is 5.41 Å². The first-order valence-corrected chi connectivity index (χ1v) is 6.70. The maximum atomic E-state index is 8.96. The quantitative estimate of drug-likeness (QED) is 0.727. The molecule has 1 rings (SSSR count). The predicted molar refractivity (Wildman–Crippen MR) is 68.1 cm³/mol. The van der Waals surface area contributed by atoms with Crippen molar-refractivity contribution in [2.75, 3.05) is 13.1 Å². The van der Waals surface area contributed by atoms with Gasteiger partial charge in [-0.1, -0.05) is 12.8 Å². The Balaban J connectivity index is 2.28. The summed E-state index contributed by atoms with van der Waals surface area (Å²) in [5.41, 5.74) is -0.144. The van der Waals surface area contributed by atoms with Gasteiger partial charge in [-0.05, 0) is 59.5 Å². The predicted octanol–water partition coefficient (Wildman–Crippen LogP) is 3.58. The Labute approximate surface area is 101 Å². The van der Waals surface area contributed by atoms with E-state index < -0.39 is 0 Å².